The predicted molar refractivity (Wildman–Crippen MR) is 112 cm³/mol. The molecule has 30 heavy (non-hydrogen) atoms. The van der Waals surface area contributed by atoms with E-state index in [2.05, 4.69) is 11.8 Å². The molecule has 1 amide bonds. The molecule has 2 unspecified atom stereocenters. The molecule has 2 heterocycles. The molecule has 1 aliphatic heterocycles. The van der Waals surface area contributed by atoms with Crippen LogP contribution in [0, 0.1) is 11.8 Å². The number of aliphatic hydroxyl groups excluding tert-OH is 1. The first-order valence-electron chi connectivity index (χ1n) is 10.1. The van der Waals surface area contributed by atoms with Crippen LogP contribution in [0.1, 0.15) is 60.0 Å². The molecule has 0 saturated carbocycles. The van der Waals surface area contributed by atoms with Crippen molar-refractivity contribution in [2.24, 2.45) is 0 Å². The van der Waals surface area contributed by atoms with Crippen molar-refractivity contribution in [1.82, 2.24) is 4.90 Å². The Morgan fingerprint density at radius 2 is 2.13 bits per heavy atom. The van der Waals surface area contributed by atoms with E-state index in [0.29, 0.717) is 25.7 Å². The number of carboxylic acid groups (broad SMARTS) is 1. The van der Waals surface area contributed by atoms with E-state index in [1.165, 1.54) is 18.2 Å². The Bertz CT molecular complexity index is 825. The summed E-state index contributed by atoms with van der Waals surface area (Å²) in [5.41, 5.74) is 0. The number of halogens is 2. The van der Waals surface area contributed by atoms with Crippen LogP contribution in [0.5, 0.6) is 0 Å². The van der Waals surface area contributed by atoms with Gasteiger partial charge in [-0.3, -0.25) is 4.79 Å². The van der Waals surface area contributed by atoms with Crippen molar-refractivity contribution in [3.63, 3.8) is 0 Å². The average Bonchev–Trinajstić information content (AvgIpc) is 3.24. The molecule has 8 heteroatoms. The number of aliphatic hydroxyl groups is 1. The number of amides is 1. The summed E-state index contributed by atoms with van der Waals surface area (Å²) in [5, 5.41) is 19.0. The molecule has 1 saturated heterocycles. The summed E-state index contributed by atoms with van der Waals surface area (Å²) in [4.78, 5) is 25.2. The first kappa shape index (κ1) is 24.0. The van der Waals surface area contributed by atoms with Gasteiger partial charge in [0.25, 0.3) is 5.91 Å². The number of carboxylic acids is 1. The van der Waals surface area contributed by atoms with Gasteiger partial charge in [0.2, 0.25) is 0 Å². The molecule has 164 valence electrons. The third-order valence-electron chi connectivity index (χ3n) is 4.75. The quantitative estimate of drug-likeness (QED) is 0.425. The van der Waals surface area contributed by atoms with Crippen LogP contribution in [0.25, 0.3) is 0 Å². The normalized spacial score (nSPS) is 19.1. The molecule has 0 bridgehead atoms. The van der Waals surface area contributed by atoms with Gasteiger partial charge in [-0.25, -0.2) is 4.79 Å². The van der Waals surface area contributed by atoms with Crippen molar-refractivity contribution in [3.05, 3.63) is 34.0 Å². The van der Waals surface area contributed by atoms with Gasteiger partial charge in [-0.15, -0.1) is 23.2 Å². The van der Waals surface area contributed by atoms with E-state index < -0.39 is 36.4 Å². The Kier molecular flexibility index (Phi) is 9.00. The van der Waals surface area contributed by atoms with Crippen LogP contribution in [-0.2, 0) is 11.2 Å². The number of nitrogens with zero attached hydrogens (tertiary/aromatic N) is 1. The van der Waals surface area contributed by atoms with Crippen LogP contribution in [0.2, 0.25) is 0 Å². The van der Waals surface area contributed by atoms with E-state index in [9.17, 15) is 23.5 Å². The molecule has 2 atom stereocenters. The number of likely N-dealkylation sites (tertiary alicyclic amines) is 1. The lowest BCUT2D eigenvalue weighted by Gasteiger charge is -2.21. The summed E-state index contributed by atoms with van der Waals surface area (Å²) in [6.07, 6.45) is 5.21. The molecule has 1 fully saturated rings. The van der Waals surface area contributed by atoms with Crippen molar-refractivity contribution >= 4 is 23.2 Å². The fourth-order valence-electron chi connectivity index (χ4n) is 3.19. The predicted octanol–water partition coefficient (Wildman–Crippen LogP) is 4.12. The molecule has 1 aromatic heterocycles. The number of carbonyl (C=O) groups is 2. The Labute approximate surface area is 179 Å². The molecule has 0 aromatic carbocycles. The molecular weight excluding hydrogens is 412 g/mol. The van der Waals surface area contributed by atoms with Crippen LogP contribution < -0.4 is 0 Å². The number of unbranched alkanes of at least 4 members (excludes halogenated alkanes) is 1. The third kappa shape index (κ3) is 6.92. The maximum Gasteiger partial charge on any atom is 0.345 e. The second-order valence-corrected chi connectivity index (χ2v) is 8.41. The summed E-state index contributed by atoms with van der Waals surface area (Å²) in [6.45, 7) is 2.17. The SMILES string of the molecule is CCCC#CCCC(O)/C=C/C1CC(F)(F)C(=O)N1CCCc1ccc(C(=O)O)s1. The van der Waals surface area contributed by atoms with Crippen molar-refractivity contribution in [2.75, 3.05) is 6.54 Å². The van der Waals surface area contributed by atoms with Gasteiger partial charge in [-0.1, -0.05) is 19.1 Å². The topological polar surface area (TPSA) is 77.8 Å². The van der Waals surface area contributed by atoms with Gasteiger partial charge in [0.15, 0.2) is 0 Å². The fourth-order valence-corrected chi connectivity index (χ4v) is 4.07. The van der Waals surface area contributed by atoms with E-state index in [4.69, 9.17) is 5.11 Å². The minimum Gasteiger partial charge on any atom is -0.477 e. The first-order chi connectivity index (χ1) is 14.2. The summed E-state index contributed by atoms with van der Waals surface area (Å²) < 4.78 is 27.9. The Morgan fingerprint density at radius 1 is 1.40 bits per heavy atom. The number of rotatable bonds is 10. The molecule has 2 rings (SSSR count). The molecule has 1 aliphatic rings. The fraction of sp³-hybridized carbons (Fsp3) is 0.545. The van der Waals surface area contributed by atoms with E-state index in [-0.39, 0.29) is 11.4 Å². The summed E-state index contributed by atoms with van der Waals surface area (Å²) in [6, 6.07) is 2.44. The van der Waals surface area contributed by atoms with Crippen molar-refractivity contribution < 1.29 is 28.6 Å². The summed E-state index contributed by atoms with van der Waals surface area (Å²) >= 11 is 1.14. The monoisotopic (exact) mass is 439 g/mol. The minimum absolute atomic E-state index is 0.141. The van der Waals surface area contributed by atoms with Crippen molar-refractivity contribution in [1.29, 1.82) is 0 Å². The molecular formula is C22H27F2NO4S. The molecule has 1 aromatic rings. The van der Waals surface area contributed by atoms with Gasteiger partial charge in [-0.2, -0.15) is 8.78 Å². The van der Waals surface area contributed by atoms with E-state index >= 15 is 0 Å². The number of aromatic carboxylic acids is 1. The largest absolute Gasteiger partial charge is 0.477 e. The highest BCUT2D eigenvalue weighted by Gasteiger charge is 2.52. The first-order valence-corrected chi connectivity index (χ1v) is 10.9. The molecule has 0 aliphatic carbocycles. The Morgan fingerprint density at radius 3 is 2.80 bits per heavy atom. The van der Waals surface area contributed by atoms with Crippen LogP contribution in [-0.4, -0.2) is 51.6 Å². The summed E-state index contributed by atoms with van der Waals surface area (Å²) in [5.74, 6) is 0.338. The van der Waals surface area contributed by atoms with Crippen LogP contribution >= 0.6 is 11.3 Å². The number of alkyl halides is 2. The number of carbonyl (C=O) groups excluding carboxylic acids is 1. The lowest BCUT2D eigenvalue weighted by Crippen LogP contribution is -2.36. The lowest BCUT2D eigenvalue weighted by molar-refractivity contribution is -0.148. The van der Waals surface area contributed by atoms with Gasteiger partial charge < -0.3 is 15.1 Å². The van der Waals surface area contributed by atoms with Gasteiger partial charge in [0, 0.05) is 30.7 Å². The maximum atomic E-state index is 14.0. The Balaban J connectivity index is 1.90. The lowest BCUT2D eigenvalue weighted by atomic mass is 10.1. The zero-order chi connectivity index (χ0) is 22.1. The standard InChI is InChI=1S/C22H27F2NO4S/c1-2-3-4-5-6-8-17(26)11-10-16-15-22(23,24)21(29)25(16)14-7-9-18-12-13-19(30-18)20(27)28/h10-13,16-17,26H,2-3,6-9,14-15H2,1H3,(H,27,28)/b11-10+. The smallest absolute Gasteiger partial charge is 0.345 e. The van der Waals surface area contributed by atoms with E-state index in [1.807, 2.05) is 6.92 Å². The number of aryl methyl sites for hydroxylation is 1. The van der Waals surface area contributed by atoms with Crippen LogP contribution in [0.15, 0.2) is 24.3 Å². The number of hydrogen-bond acceptors (Lipinski definition) is 4. The summed E-state index contributed by atoms with van der Waals surface area (Å²) in [7, 11) is 0. The second kappa shape index (κ2) is 11.2. The second-order valence-electron chi connectivity index (χ2n) is 7.24. The van der Waals surface area contributed by atoms with Crippen molar-refractivity contribution in [2.45, 2.75) is 69.9 Å². The minimum atomic E-state index is -3.41. The molecule has 2 N–H and O–H groups in total. The zero-order valence-corrected chi connectivity index (χ0v) is 17.8. The van der Waals surface area contributed by atoms with Crippen LogP contribution in [0.4, 0.5) is 8.78 Å². The average molecular weight is 440 g/mol. The van der Waals surface area contributed by atoms with Gasteiger partial charge in [0.1, 0.15) is 4.88 Å². The number of thiophene rings is 1. The van der Waals surface area contributed by atoms with Crippen LogP contribution in [0.3, 0.4) is 0 Å². The Hall–Kier alpha value is -2.24. The van der Waals surface area contributed by atoms with E-state index in [0.717, 1.165) is 34.0 Å². The molecule has 0 spiro atoms. The highest BCUT2D eigenvalue weighted by Crippen LogP contribution is 2.34. The highest BCUT2D eigenvalue weighted by molar-refractivity contribution is 7.13. The maximum absolute atomic E-state index is 14.0. The van der Waals surface area contributed by atoms with Gasteiger partial charge in [-0.05, 0) is 37.8 Å². The van der Waals surface area contributed by atoms with Gasteiger partial charge >= 0.3 is 11.9 Å². The van der Waals surface area contributed by atoms with Crippen molar-refractivity contribution in [3.8, 4) is 11.8 Å². The zero-order valence-electron chi connectivity index (χ0n) is 16.9. The number of hydrogen-bond donors (Lipinski definition) is 2. The van der Waals surface area contributed by atoms with E-state index in [1.54, 1.807) is 6.07 Å². The molecule has 0 radical (unpaired) electrons. The molecule has 5 nitrogen and oxygen atoms in total. The highest BCUT2D eigenvalue weighted by atomic mass is 32.1. The third-order valence-corrected chi connectivity index (χ3v) is 5.89. The van der Waals surface area contributed by atoms with Gasteiger partial charge in [0.05, 0.1) is 12.1 Å².